The molecule has 35 heavy (non-hydrogen) atoms. The van der Waals surface area contributed by atoms with Crippen molar-refractivity contribution in [2.75, 3.05) is 13.7 Å². The Kier molecular flexibility index (Phi) is 7.18. The fraction of sp³-hybridized carbons (Fsp3) is 0.192. The summed E-state index contributed by atoms with van der Waals surface area (Å²) in [4.78, 5) is 15.7. The first-order valence-corrected chi connectivity index (χ1v) is 12.4. The fourth-order valence-electron chi connectivity index (χ4n) is 3.71. The molecule has 1 heterocycles. The molecule has 4 rings (SSSR count). The summed E-state index contributed by atoms with van der Waals surface area (Å²) in [7, 11) is -2.52. The zero-order chi connectivity index (χ0) is 25.0. The highest BCUT2D eigenvalue weighted by Crippen LogP contribution is 2.24. The predicted octanol–water partition coefficient (Wildman–Crippen LogP) is 4.47. The van der Waals surface area contributed by atoms with Gasteiger partial charge in [0.15, 0.2) is 0 Å². The smallest absolute Gasteiger partial charge is 0.252 e. The number of benzene rings is 3. The Balaban J connectivity index is 1.75. The van der Waals surface area contributed by atoms with Crippen LogP contribution in [0.1, 0.15) is 18.1 Å². The molecule has 0 atom stereocenters. The third-order valence-corrected chi connectivity index (χ3v) is 7.33. The van der Waals surface area contributed by atoms with Crippen LogP contribution < -0.4 is 15.0 Å². The van der Waals surface area contributed by atoms with Gasteiger partial charge in [-0.05, 0) is 73.2 Å². The maximum absolute atomic E-state index is 13.6. The second-order valence-electron chi connectivity index (χ2n) is 7.88. The number of aromatic nitrogens is 1. The van der Waals surface area contributed by atoms with Gasteiger partial charge in [0.05, 0.1) is 18.6 Å². The van der Waals surface area contributed by atoms with Crippen molar-refractivity contribution >= 4 is 20.9 Å². The minimum atomic E-state index is -4.01. The van der Waals surface area contributed by atoms with E-state index >= 15 is 0 Å². The molecule has 0 saturated heterocycles. The third-order valence-electron chi connectivity index (χ3n) is 5.52. The second-order valence-corrected chi connectivity index (χ2v) is 9.82. The lowest BCUT2D eigenvalue weighted by molar-refractivity contribution is 0.340. The molecule has 0 amide bonds. The first-order chi connectivity index (χ1) is 16.8. The van der Waals surface area contributed by atoms with Crippen LogP contribution in [0.15, 0.2) is 82.5 Å². The van der Waals surface area contributed by atoms with Crippen molar-refractivity contribution in [3.05, 3.63) is 100 Å². The molecular weight excluding hydrogens is 471 g/mol. The van der Waals surface area contributed by atoms with E-state index in [0.717, 1.165) is 0 Å². The van der Waals surface area contributed by atoms with Crippen molar-refractivity contribution in [1.82, 2.24) is 9.29 Å². The summed E-state index contributed by atoms with van der Waals surface area (Å²) in [6.07, 6.45) is 0. The van der Waals surface area contributed by atoms with Gasteiger partial charge in [-0.1, -0.05) is 12.1 Å². The van der Waals surface area contributed by atoms with Gasteiger partial charge in [0.25, 0.3) is 5.56 Å². The highest BCUT2D eigenvalue weighted by Gasteiger charge is 2.26. The van der Waals surface area contributed by atoms with Crippen LogP contribution in [0.25, 0.3) is 10.9 Å². The molecule has 3 aromatic carbocycles. The monoisotopic (exact) mass is 496 g/mol. The van der Waals surface area contributed by atoms with Gasteiger partial charge in [0.1, 0.15) is 17.3 Å². The number of hydrogen-bond acceptors (Lipinski definition) is 5. The van der Waals surface area contributed by atoms with Crippen molar-refractivity contribution < 1.29 is 22.3 Å². The quantitative estimate of drug-likeness (QED) is 0.370. The zero-order valence-electron chi connectivity index (χ0n) is 19.3. The van der Waals surface area contributed by atoms with Gasteiger partial charge in [-0.3, -0.25) is 4.79 Å². The fourth-order valence-corrected chi connectivity index (χ4v) is 5.12. The molecule has 0 fully saturated rings. The first-order valence-electron chi connectivity index (χ1n) is 11.0. The normalized spacial score (nSPS) is 11.7. The summed E-state index contributed by atoms with van der Waals surface area (Å²) in [5.74, 6) is 0.742. The number of nitrogens with one attached hydrogen (secondary N) is 1. The lowest BCUT2D eigenvalue weighted by Crippen LogP contribution is -2.32. The number of halogens is 1. The summed E-state index contributed by atoms with van der Waals surface area (Å²) in [6, 6.07) is 18.6. The van der Waals surface area contributed by atoms with Gasteiger partial charge in [-0.15, -0.1) is 0 Å². The molecule has 9 heteroatoms. The number of fused-ring (bicyclic) bond motifs is 1. The van der Waals surface area contributed by atoms with Crippen LogP contribution >= 0.6 is 0 Å². The third kappa shape index (κ3) is 5.52. The van der Waals surface area contributed by atoms with Gasteiger partial charge in [0, 0.05) is 29.6 Å². The van der Waals surface area contributed by atoms with E-state index in [4.69, 9.17) is 9.47 Å². The van der Waals surface area contributed by atoms with Crippen LogP contribution in [-0.2, 0) is 23.1 Å². The van der Waals surface area contributed by atoms with Crippen molar-refractivity contribution in [2.45, 2.75) is 24.9 Å². The van der Waals surface area contributed by atoms with Crippen LogP contribution in [0.3, 0.4) is 0 Å². The van der Waals surface area contributed by atoms with E-state index in [1.165, 1.54) is 47.8 Å². The van der Waals surface area contributed by atoms with Crippen molar-refractivity contribution in [1.29, 1.82) is 0 Å². The number of pyridine rings is 1. The summed E-state index contributed by atoms with van der Waals surface area (Å²) in [5.41, 5.74) is 1.07. The van der Waals surface area contributed by atoms with Crippen molar-refractivity contribution in [2.24, 2.45) is 0 Å². The average Bonchev–Trinajstić information content (AvgIpc) is 2.85. The van der Waals surface area contributed by atoms with E-state index < -0.39 is 21.4 Å². The van der Waals surface area contributed by atoms with Crippen LogP contribution in [0.5, 0.6) is 11.5 Å². The van der Waals surface area contributed by atoms with Crippen molar-refractivity contribution in [3.8, 4) is 11.5 Å². The van der Waals surface area contributed by atoms with E-state index in [0.29, 0.717) is 34.6 Å². The van der Waals surface area contributed by atoms with Gasteiger partial charge >= 0.3 is 0 Å². The maximum Gasteiger partial charge on any atom is 0.252 e. The zero-order valence-corrected chi connectivity index (χ0v) is 20.1. The SMILES string of the molecule is CCOc1ccc2[nH]c(=O)c(CN(Cc3ccc(F)cc3)S(=O)(=O)c3ccc(OC)cc3)cc2c1. The molecule has 1 aromatic heterocycles. The Morgan fingerprint density at radius 2 is 1.60 bits per heavy atom. The summed E-state index contributed by atoms with van der Waals surface area (Å²) >= 11 is 0. The molecule has 0 radical (unpaired) electrons. The largest absolute Gasteiger partial charge is 0.497 e. The average molecular weight is 497 g/mol. The summed E-state index contributed by atoms with van der Waals surface area (Å²) < 4.78 is 52.5. The minimum Gasteiger partial charge on any atom is -0.497 e. The van der Waals surface area contributed by atoms with E-state index in [2.05, 4.69) is 4.98 Å². The predicted molar refractivity (Wildman–Crippen MR) is 132 cm³/mol. The number of sulfonamides is 1. The molecule has 182 valence electrons. The van der Waals surface area contributed by atoms with Crippen molar-refractivity contribution in [3.63, 3.8) is 0 Å². The maximum atomic E-state index is 13.6. The topological polar surface area (TPSA) is 88.7 Å². The lowest BCUT2D eigenvalue weighted by Gasteiger charge is -2.22. The number of H-pyrrole nitrogens is 1. The number of aromatic amines is 1. The van der Waals surface area contributed by atoms with Gasteiger partial charge in [0.2, 0.25) is 10.0 Å². The Labute approximate surface area is 202 Å². The van der Waals surface area contributed by atoms with Gasteiger partial charge < -0.3 is 14.5 Å². The second kappa shape index (κ2) is 10.3. The molecule has 0 bridgehead atoms. The Bertz CT molecular complexity index is 1480. The van der Waals surface area contributed by atoms with Gasteiger partial charge in [-0.25, -0.2) is 12.8 Å². The van der Waals surface area contributed by atoms with E-state index in [1.807, 2.05) is 6.92 Å². The van der Waals surface area contributed by atoms with Crippen LogP contribution in [0.4, 0.5) is 4.39 Å². The number of hydrogen-bond donors (Lipinski definition) is 1. The summed E-state index contributed by atoms with van der Waals surface area (Å²) in [5, 5.41) is 0.717. The van der Waals surface area contributed by atoms with E-state index in [-0.39, 0.29) is 23.5 Å². The number of ether oxygens (including phenoxy) is 2. The Morgan fingerprint density at radius 3 is 2.26 bits per heavy atom. The molecule has 0 aliphatic heterocycles. The molecule has 0 saturated carbocycles. The molecule has 7 nitrogen and oxygen atoms in total. The highest BCUT2D eigenvalue weighted by molar-refractivity contribution is 7.89. The molecule has 0 aliphatic rings. The Morgan fingerprint density at radius 1 is 0.914 bits per heavy atom. The molecule has 4 aromatic rings. The lowest BCUT2D eigenvalue weighted by atomic mass is 10.1. The Hall–Kier alpha value is -3.69. The van der Waals surface area contributed by atoms with Crippen LogP contribution in [0.2, 0.25) is 0 Å². The standard InChI is InChI=1S/C26H25FN2O5S/c1-3-34-23-10-13-25-19(15-23)14-20(26(30)28-25)17-29(16-18-4-6-21(27)7-5-18)35(31,32)24-11-8-22(33-2)9-12-24/h4-15H,3,16-17H2,1-2H3,(H,28,30). The number of methoxy groups -OCH3 is 1. The molecule has 0 spiro atoms. The van der Waals surface area contributed by atoms with Gasteiger partial charge in [-0.2, -0.15) is 4.31 Å². The number of rotatable bonds is 9. The minimum absolute atomic E-state index is 0.0505. The number of nitrogens with zero attached hydrogens (tertiary/aromatic N) is 1. The highest BCUT2D eigenvalue weighted by atomic mass is 32.2. The first kappa shape index (κ1) is 24.4. The van der Waals surface area contributed by atoms with E-state index in [1.54, 1.807) is 36.4 Å². The van der Waals surface area contributed by atoms with E-state index in [9.17, 15) is 17.6 Å². The molecule has 0 unspecified atom stereocenters. The molecule has 1 N–H and O–H groups in total. The van der Waals surface area contributed by atoms with Crippen LogP contribution in [-0.4, -0.2) is 31.4 Å². The molecule has 0 aliphatic carbocycles. The summed E-state index contributed by atoms with van der Waals surface area (Å²) in [6.45, 7) is 2.13. The molecular formula is C26H25FN2O5S. The van der Waals surface area contributed by atoms with Crippen LogP contribution in [0, 0.1) is 5.82 Å².